The van der Waals surface area contributed by atoms with Crippen molar-refractivity contribution in [3.63, 3.8) is 0 Å². The standard InChI is InChI=1S/C14H28N4/c1-4-7-8-13(15-9-5-2)11-14-16-12-17-18(14)10-6-3/h12-13,15H,4-11H2,1-3H3. The summed E-state index contributed by atoms with van der Waals surface area (Å²) in [5.74, 6) is 1.13. The van der Waals surface area contributed by atoms with Gasteiger partial charge in [0, 0.05) is 19.0 Å². The molecule has 0 radical (unpaired) electrons. The zero-order valence-corrected chi connectivity index (χ0v) is 12.2. The first kappa shape index (κ1) is 15.2. The predicted molar refractivity (Wildman–Crippen MR) is 75.6 cm³/mol. The lowest BCUT2D eigenvalue weighted by Crippen LogP contribution is -2.32. The summed E-state index contributed by atoms with van der Waals surface area (Å²) in [6.07, 6.45) is 8.75. The Morgan fingerprint density at radius 2 is 2.06 bits per heavy atom. The Labute approximate surface area is 111 Å². The van der Waals surface area contributed by atoms with Crippen LogP contribution in [0.2, 0.25) is 0 Å². The van der Waals surface area contributed by atoms with Crippen molar-refractivity contribution in [2.45, 2.75) is 71.9 Å². The maximum atomic E-state index is 4.40. The average molecular weight is 252 g/mol. The molecule has 0 aliphatic heterocycles. The Kier molecular flexibility index (Phi) is 7.65. The fourth-order valence-electron chi connectivity index (χ4n) is 2.14. The minimum Gasteiger partial charge on any atom is -0.314 e. The van der Waals surface area contributed by atoms with Crippen molar-refractivity contribution in [2.24, 2.45) is 0 Å². The van der Waals surface area contributed by atoms with Gasteiger partial charge in [0.25, 0.3) is 0 Å². The van der Waals surface area contributed by atoms with Gasteiger partial charge in [-0.15, -0.1) is 0 Å². The topological polar surface area (TPSA) is 42.7 Å². The Morgan fingerprint density at radius 1 is 1.22 bits per heavy atom. The maximum absolute atomic E-state index is 4.40. The second-order valence-electron chi connectivity index (χ2n) is 4.90. The highest BCUT2D eigenvalue weighted by Gasteiger charge is 2.12. The van der Waals surface area contributed by atoms with E-state index in [1.54, 1.807) is 6.33 Å². The van der Waals surface area contributed by atoms with E-state index in [-0.39, 0.29) is 0 Å². The molecule has 4 heteroatoms. The normalized spacial score (nSPS) is 12.8. The third-order valence-electron chi connectivity index (χ3n) is 3.15. The van der Waals surface area contributed by atoms with Crippen LogP contribution in [0.4, 0.5) is 0 Å². The Balaban J connectivity index is 2.53. The van der Waals surface area contributed by atoms with Crippen molar-refractivity contribution < 1.29 is 0 Å². The van der Waals surface area contributed by atoms with Crippen molar-refractivity contribution in [3.8, 4) is 0 Å². The molecule has 1 unspecified atom stereocenters. The molecule has 104 valence electrons. The van der Waals surface area contributed by atoms with E-state index < -0.39 is 0 Å². The van der Waals surface area contributed by atoms with Gasteiger partial charge in [0.2, 0.25) is 0 Å². The molecule has 0 bridgehead atoms. The fraction of sp³-hybridized carbons (Fsp3) is 0.857. The molecule has 1 aromatic rings. The van der Waals surface area contributed by atoms with Gasteiger partial charge >= 0.3 is 0 Å². The highest BCUT2D eigenvalue weighted by atomic mass is 15.3. The second kappa shape index (κ2) is 9.09. The van der Waals surface area contributed by atoms with Crippen LogP contribution in [0.25, 0.3) is 0 Å². The Hall–Kier alpha value is -0.900. The zero-order chi connectivity index (χ0) is 13.2. The van der Waals surface area contributed by atoms with Gasteiger partial charge in [-0.25, -0.2) is 4.98 Å². The molecule has 0 saturated heterocycles. The molecular formula is C14H28N4. The lowest BCUT2D eigenvalue weighted by atomic mass is 10.1. The number of nitrogens with one attached hydrogen (secondary N) is 1. The van der Waals surface area contributed by atoms with Crippen LogP contribution in [0.5, 0.6) is 0 Å². The minimum atomic E-state index is 0.546. The molecule has 0 saturated carbocycles. The molecular weight excluding hydrogens is 224 g/mol. The van der Waals surface area contributed by atoms with Crippen molar-refractivity contribution in [3.05, 3.63) is 12.2 Å². The molecule has 0 aliphatic carbocycles. The third kappa shape index (κ3) is 5.17. The lowest BCUT2D eigenvalue weighted by molar-refractivity contribution is 0.440. The van der Waals surface area contributed by atoms with Gasteiger partial charge in [-0.05, 0) is 25.8 Å². The van der Waals surface area contributed by atoms with Gasteiger partial charge < -0.3 is 5.32 Å². The summed E-state index contributed by atoms with van der Waals surface area (Å²) in [6, 6.07) is 0.546. The van der Waals surface area contributed by atoms with Crippen molar-refractivity contribution in [2.75, 3.05) is 6.54 Å². The molecule has 0 aliphatic rings. The monoisotopic (exact) mass is 252 g/mol. The van der Waals surface area contributed by atoms with E-state index in [0.717, 1.165) is 31.8 Å². The highest BCUT2D eigenvalue weighted by molar-refractivity contribution is 4.90. The highest BCUT2D eigenvalue weighted by Crippen LogP contribution is 2.07. The van der Waals surface area contributed by atoms with Crippen molar-refractivity contribution in [1.82, 2.24) is 20.1 Å². The van der Waals surface area contributed by atoms with Crippen LogP contribution >= 0.6 is 0 Å². The largest absolute Gasteiger partial charge is 0.314 e. The van der Waals surface area contributed by atoms with Crippen molar-refractivity contribution >= 4 is 0 Å². The molecule has 0 amide bonds. The first-order chi connectivity index (χ1) is 8.81. The number of hydrogen-bond donors (Lipinski definition) is 1. The van der Waals surface area contributed by atoms with Gasteiger partial charge in [-0.2, -0.15) is 5.10 Å². The van der Waals surface area contributed by atoms with Crippen LogP contribution in [0, 0.1) is 0 Å². The summed E-state index contributed by atoms with van der Waals surface area (Å²) in [4.78, 5) is 4.40. The van der Waals surface area contributed by atoms with E-state index in [1.807, 2.05) is 4.68 Å². The molecule has 1 atom stereocenters. The van der Waals surface area contributed by atoms with Gasteiger partial charge in [0.1, 0.15) is 12.2 Å². The van der Waals surface area contributed by atoms with Crippen LogP contribution in [-0.2, 0) is 13.0 Å². The quantitative estimate of drug-likeness (QED) is 0.696. The number of rotatable bonds is 10. The van der Waals surface area contributed by atoms with E-state index in [2.05, 4.69) is 36.2 Å². The van der Waals surface area contributed by atoms with Gasteiger partial charge in [-0.1, -0.05) is 33.6 Å². The molecule has 0 spiro atoms. The van der Waals surface area contributed by atoms with Crippen LogP contribution in [0.1, 0.15) is 58.7 Å². The van der Waals surface area contributed by atoms with Gasteiger partial charge in [0.15, 0.2) is 0 Å². The van der Waals surface area contributed by atoms with Crippen LogP contribution < -0.4 is 5.32 Å². The smallest absolute Gasteiger partial charge is 0.138 e. The molecule has 0 fully saturated rings. The summed E-state index contributed by atoms with van der Waals surface area (Å²) in [5, 5.41) is 7.93. The Bertz CT molecular complexity index is 300. The maximum Gasteiger partial charge on any atom is 0.138 e. The summed E-state index contributed by atoms with van der Waals surface area (Å²) in [7, 11) is 0. The Morgan fingerprint density at radius 3 is 2.72 bits per heavy atom. The van der Waals surface area contributed by atoms with Crippen LogP contribution in [0.15, 0.2) is 6.33 Å². The van der Waals surface area contributed by atoms with Crippen molar-refractivity contribution in [1.29, 1.82) is 0 Å². The van der Waals surface area contributed by atoms with E-state index in [1.165, 1.54) is 25.7 Å². The zero-order valence-electron chi connectivity index (χ0n) is 12.2. The van der Waals surface area contributed by atoms with E-state index in [4.69, 9.17) is 0 Å². The van der Waals surface area contributed by atoms with E-state index in [0.29, 0.717) is 6.04 Å². The molecule has 0 aromatic carbocycles. The number of unbranched alkanes of at least 4 members (excludes halogenated alkanes) is 1. The number of aromatic nitrogens is 3. The molecule has 1 heterocycles. The molecule has 4 nitrogen and oxygen atoms in total. The predicted octanol–water partition coefficient (Wildman–Crippen LogP) is 2.79. The summed E-state index contributed by atoms with van der Waals surface area (Å²) in [6.45, 7) is 8.70. The second-order valence-corrected chi connectivity index (χ2v) is 4.90. The summed E-state index contributed by atoms with van der Waals surface area (Å²) >= 11 is 0. The first-order valence-corrected chi connectivity index (χ1v) is 7.41. The fourth-order valence-corrected chi connectivity index (χ4v) is 2.14. The summed E-state index contributed by atoms with van der Waals surface area (Å²) < 4.78 is 2.05. The van der Waals surface area contributed by atoms with Crippen LogP contribution in [-0.4, -0.2) is 27.4 Å². The molecule has 1 rings (SSSR count). The van der Waals surface area contributed by atoms with Gasteiger partial charge in [-0.3, -0.25) is 4.68 Å². The van der Waals surface area contributed by atoms with Crippen LogP contribution in [0.3, 0.4) is 0 Å². The van der Waals surface area contributed by atoms with E-state index in [9.17, 15) is 0 Å². The molecule has 18 heavy (non-hydrogen) atoms. The average Bonchev–Trinajstić information content (AvgIpc) is 2.80. The number of hydrogen-bond acceptors (Lipinski definition) is 3. The van der Waals surface area contributed by atoms with Gasteiger partial charge in [0.05, 0.1) is 0 Å². The molecule has 1 aromatic heterocycles. The summed E-state index contributed by atoms with van der Waals surface area (Å²) in [5.41, 5.74) is 0. The SMILES string of the molecule is CCCCC(Cc1ncnn1CCC)NCCC. The first-order valence-electron chi connectivity index (χ1n) is 7.41. The number of aryl methyl sites for hydroxylation is 1. The molecule has 1 N–H and O–H groups in total. The third-order valence-corrected chi connectivity index (χ3v) is 3.15. The van der Waals surface area contributed by atoms with E-state index >= 15 is 0 Å². The number of nitrogens with zero attached hydrogens (tertiary/aromatic N) is 3. The minimum absolute atomic E-state index is 0.546. The lowest BCUT2D eigenvalue weighted by Gasteiger charge is -2.18.